The Kier molecular flexibility index (Phi) is 60.7. The lowest BCUT2D eigenvalue weighted by atomic mass is 9.99. The molecule has 91 heavy (non-hydrogen) atoms. The van der Waals surface area contributed by atoms with Crippen molar-refractivity contribution < 1.29 is 80.2 Å². The molecule has 0 rings (SSSR count). The molecule has 17 nitrogen and oxygen atoms in total. The van der Waals surface area contributed by atoms with Crippen molar-refractivity contribution in [3.05, 3.63) is 24.3 Å². The van der Waals surface area contributed by atoms with Crippen molar-refractivity contribution in [2.75, 3.05) is 39.6 Å². The summed E-state index contributed by atoms with van der Waals surface area (Å²) in [4.78, 5) is 72.6. The van der Waals surface area contributed by atoms with Crippen molar-refractivity contribution in [2.45, 2.75) is 356 Å². The maximum Gasteiger partial charge on any atom is 0.472 e. The van der Waals surface area contributed by atoms with Gasteiger partial charge in [-0.15, -0.1) is 0 Å². The average Bonchev–Trinajstić information content (AvgIpc) is 3.32. The maximum absolute atomic E-state index is 13.0. The Bertz CT molecular complexity index is 1880. The van der Waals surface area contributed by atoms with Crippen LogP contribution in [0.4, 0.5) is 0 Å². The number of carbonyl (C=O) groups is 4. The van der Waals surface area contributed by atoms with Gasteiger partial charge in [0.1, 0.15) is 19.3 Å². The number of esters is 4. The zero-order valence-corrected chi connectivity index (χ0v) is 60.6. The molecule has 0 saturated heterocycles. The smallest absolute Gasteiger partial charge is 0.462 e. The fraction of sp³-hybridized carbons (Fsp3) is 0.889. The molecule has 0 aromatic carbocycles. The molecular weight excluding hydrogens is 1200 g/mol. The summed E-state index contributed by atoms with van der Waals surface area (Å²) in [6.07, 6.45) is 49.3. The first-order chi connectivity index (χ1) is 43.8. The standard InChI is InChI=1S/C72H136O17P2/c1-8-11-12-13-14-15-16-17-18-19-20-25-33-41-48-55-71(76)88-68(60-83-70(75)54-47-40-35-28-29-36-43-50-63(4)5)62-87-91(80,81)85-58-66(73)57-84-90(78,79)86-61-67(89-72(77)56-49-42-34-27-26-31-38-45-52-65(7)10-3)59-82-69(74)53-46-39-32-24-22-21-23-30-37-44-51-64(6)9-2/h15-18,63-68,73H,8-14,19-62H2,1-7H3,(H,78,79)(H,80,81)/b16-15-,18-17-/t64?,65?,66?,67-,68-/m1/s1. The van der Waals surface area contributed by atoms with Crippen molar-refractivity contribution in [1.82, 2.24) is 0 Å². The molecule has 0 aromatic rings. The first-order valence-electron chi connectivity index (χ1n) is 36.7. The lowest BCUT2D eigenvalue weighted by Gasteiger charge is -2.21. The van der Waals surface area contributed by atoms with Crippen molar-refractivity contribution in [3.8, 4) is 0 Å². The summed E-state index contributed by atoms with van der Waals surface area (Å²) in [5.41, 5.74) is 0. The molecule has 19 heteroatoms. The monoisotopic (exact) mass is 1330 g/mol. The van der Waals surface area contributed by atoms with Crippen LogP contribution in [0, 0.1) is 17.8 Å². The number of hydrogen-bond acceptors (Lipinski definition) is 15. The van der Waals surface area contributed by atoms with Gasteiger partial charge in [0.15, 0.2) is 12.2 Å². The largest absolute Gasteiger partial charge is 0.472 e. The summed E-state index contributed by atoms with van der Waals surface area (Å²) in [6.45, 7) is 11.8. The Morgan fingerprint density at radius 2 is 0.648 bits per heavy atom. The van der Waals surface area contributed by atoms with E-state index in [0.29, 0.717) is 31.6 Å². The normalized spacial score (nSPS) is 14.9. The minimum atomic E-state index is -4.96. The minimum absolute atomic E-state index is 0.0837. The second-order valence-corrected chi connectivity index (χ2v) is 29.2. The summed E-state index contributed by atoms with van der Waals surface area (Å²) in [7, 11) is -9.92. The number of allylic oxidation sites excluding steroid dienone is 4. The predicted octanol–water partition coefficient (Wildman–Crippen LogP) is 20.2. The van der Waals surface area contributed by atoms with Crippen LogP contribution in [0.2, 0.25) is 0 Å². The highest BCUT2D eigenvalue weighted by molar-refractivity contribution is 7.47. The number of aliphatic hydroxyl groups is 1. The summed E-state index contributed by atoms with van der Waals surface area (Å²) in [6, 6.07) is 0. The van der Waals surface area contributed by atoms with Crippen molar-refractivity contribution in [3.63, 3.8) is 0 Å². The zero-order valence-electron chi connectivity index (χ0n) is 58.8. The van der Waals surface area contributed by atoms with Gasteiger partial charge >= 0.3 is 39.5 Å². The van der Waals surface area contributed by atoms with E-state index in [-0.39, 0.29) is 25.7 Å². The lowest BCUT2D eigenvalue weighted by molar-refractivity contribution is -0.161. The summed E-state index contributed by atoms with van der Waals surface area (Å²) < 4.78 is 68.3. The molecule has 0 aliphatic rings. The molecule has 0 heterocycles. The third kappa shape index (κ3) is 63.4. The van der Waals surface area contributed by atoms with Gasteiger partial charge in [-0.2, -0.15) is 0 Å². The van der Waals surface area contributed by atoms with E-state index >= 15 is 0 Å². The number of unbranched alkanes of at least 4 members (excludes halogenated alkanes) is 31. The van der Waals surface area contributed by atoms with Crippen molar-refractivity contribution in [2.24, 2.45) is 17.8 Å². The Hall–Kier alpha value is -2.46. The van der Waals surface area contributed by atoms with E-state index in [2.05, 4.69) is 72.8 Å². The molecule has 3 N–H and O–H groups in total. The molecule has 5 unspecified atom stereocenters. The molecule has 0 amide bonds. The SMILES string of the molecule is CCCCCC/C=C\C=C/CCCCCCCC(=O)O[C@H](COC(=O)CCCCCCCCCC(C)C)COP(=O)(O)OCC(O)COP(=O)(O)OC[C@@H](COC(=O)CCCCCCCCCCCCC(C)CC)OC(=O)CCCCCCCCCCC(C)CC. The number of phosphoric ester groups is 2. The van der Waals surface area contributed by atoms with Gasteiger partial charge in [-0.3, -0.25) is 37.3 Å². The second kappa shape index (κ2) is 62.4. The third-order valence-electron chi connectivity index (χ3n) is 16.7. The number of ether oxygens (including phenoxy) is 4. The molecule has 7 atom stereocenters. The Labute approximate surface area is 554 Å². The summed E-state index contributed by atoms with van der Waals surface area (Å²) in [5, 5.41) is 10.6. The van der Waals surface area contributed by atoms with Gasteiger partial charge in [0.25, 0.3) is 0 Å². The highest BCUT2D eigenvalue weighted by atomic mass is 31.2. The molecule has 0 aliphatic carbocycles. The van der Waals surface area contributed by atoms with Gasteiger partial charge in [-0.05, 0) is 69.1 Å². The molecule has 0 radical (unpaired) electrons. The molecule has 0 saturated carbocycles. The Morgan fingerprint density at radius 3 is 0.978 bits per heavy atom. The van der Waals surface area contributed by atoms with Crippen LogP contribution >= 0.6 is 15.6 Å². The summed E-state index contributed by atoms with van der Waals surface area (Å²) in [5.74, 6) is 0.121. The number of carbonyl (C=O) groups excluding carboxylic acids is 4. The van der Waals surface area contributed by atoms with Gasteiger partial charge in [-0.1, -0.05) is 285 Å². The van der Waals surface area contributed by atoms with Crippen molar-refractivity contribution in [1.29, 1.82) is 0 Å². The Balaban J connectivity index is 5.30. The van der Waals surface area contributed by atoms with E-state index in [1.54, 1.807) is 0 Å². The van der Waals surface area contributed by atoms with E-state index in [1.807, 2.05) is 0 Å². The summed E-state index contributed by atoms with van der Waals surface area (Å²) >= 11 is 0. The van der Waals surface area contributed by atoms with Crippen molar-refractivity contribution >= 4 is 39.5 Å². The lowest BCUT2D eigenvalue weighted by Crippen LogP contribution is -2.30. The van der Waals surface area contributed by atoms with Crippen LogP contribution in [0.1, 0.15) is 337 Å². The van der Waals surface area contributed by atoms with Crippen LogP contribution in [0.5, 0.6) is 0 Å². The van der Waals surface area contributed by atoms with Crippen LogP contribution in [-0.2, 0) is 65.4 Å². The van der Waals surface area contributed by atoms with Crippen LogP contribution < -0.4 is 0 Å². The van der Waals surface area contributed by atoms with E-state index in [1.165, 1.54) is 128 Å². The van der Waals surface area contributed by atoms with Crippen LogP contribution in [0.15, 0.2) is 24.3 Å². The van der Waals surface area contributed by atoms with Gasteiger partial charge in [0, 0.05) is 25.7 Å². The molecule has 0 aromatic heterocycles. The van der Waals surface area contributed by atoms with Crippen LogP contribution in [0.25, 0.3) is 0 Å². The fourth-order valence-corrected chi connectivity index (χ4v) is 11.9. The van der Waals surface area contributed by atoms with Crippen LogP contribution in [-0.4, -0.2) is 96.7 Å². The Morgan fingerprint density at radius 1 is 0.363 bits per heavy atom. The van der Waals surface area contributed by atoms with E-state index in [0.717, 1.165) is 121 Å². The third-order valence-corrected chi connectivity index (χ3v) is 18.6. The quantitative estimate of drug-likeness (QED) is 0.0169. The highest BCUT2D eigenvalue weighted by Crippen LogP contribution is 2.45. The van der Waals surface area contributed by atoms with E-state index < -0.39 is 97.5 Å². The number of phosphoric acid groups is 2. The predicted molar refractivity (Wildman–Crippen MR) is 367 cm³/mol. The number of aliphatic hydroxyl groups excluding tert-OH is 1. The molecule has 0 fully saturated rings. The molecule has 536 valence electrons. The van der Waals surface area contributed by atoms with E-state index in [4.69, 9.17) is 37.0 Å². The van der Waals surface area contributed by atoms with Gasteiger partial charge in [-0.25, -0.2) is 9.13 Å². The molecule has 0 bridgehead atoms. The number of rotatable bonds is 68. The van der Waals surface area contributed by atoms with Gasteiger partial charge in [0.05, 0.1) is 26.4 Å². The second-order valence-electron chi connectivity index (χ2n) is 26.3. The molecule has 0 spiro atoms. The zero-order chi connectivity index (χ0) is 67.3. The maximum atomic E-state index is 13.0. The molecular formula is C72H136O17P2. The van der Waals surface area contributed by atoms with Gasteiger partial charge in [0.2, 0.25) is 0 Å². The topological polar surface area (TPSA) is 237 Å². The first-order valence-corrected chi connectivity index (χ1v) is 39.7. The number of hydrogen-bond donors (Lipinski definition) is 3. The van der Waals surface area contributed by atoms with E-state index in [9.17, 15) is 43.2 Å². The fourth-order valence-electron chi connectivity index (χ4n) is 10.3. The van der Waals surface area contributed by atoms with Gasteiger partial charge < -0.3 is 33.8 Å². The average molecular weight is 1340 g/mol. The molecule has 0 aliphatic heterocycles. The minimum Gasteiger partial charge on any atom is -0.462 e. The first kappa shape index (κ1) is 88.5. The van der Waals surface area contributed by atoms with Crippen LogP contribution in [0.3, 0.4) is 0 Å². The highest BCUT2D eigenvalue weighted by Gasteiger charge is 2.30.